The molecule has 2 nitrogen and oxygen atoms in total. The quantitative estimate of drug-likeness (QED) is 0.824. The molecule has 1 aromatic rings. The molecule has 1 amide bonds. The number of halogens is 1. The molecule has 1 aromatic carbocycles. The molecular weight excluding hydrogens is 261 g/mol. The fraction of sp³-hybridized carbons (Fsp3) is 0.533. The van der Waals surface area contributed by atoms with Gasteiger partial charge in [-0.05, 0) is 30.5 Å². The van der Waals surface area contributed by atoms with Gasteiger partial charge in [0.2, 0.25) is 5.91 Å². The number of nitrogens with zero attached hydrogens (tertiary/aromatic N) is 1. The summed E-state index contributed by atoms with van der Waals surface area (Å²) in [7, 11) is 1.91. The maximum absolute atomic E-state index is 12.7. The lowest BCUT2D eigenvalue weighted by atomic mass is 10.2. The Morgan fingerprint density at radius 2 is 1.95 bits per heavy atom. The molecule has 104 valence electrons. The molecule has 19 heavy (non-hydrogen) atoms. The lowest BCUT2D eigenvalue weighted by Crippen LogP contribution is -2.36. The van der Waals surface area contributed by atoms with Gasteiger partial charge in [0, 0.05) is 18.8 Å². The lowest BCUT2D eigenvalue weighted by molar-refractivity contribution is -0.129. The van der Waals surface area contributed by atoms with Crippen LogP contribution in [0, 0.1) is 5.82 Å². The number of thioether (sulfide) groups is 1. The highest BCUT2D eigenvalue weighted by Crippen LogP contribution is 2.23. The maximum atomic E-state index is 12.7. The normalized spacial score (nSPS) is 15.7. The lowest BCUT2D eigenvalue weighted by Gasteiger charge is -2.24. The van der Waals surface area contributed by atoms with Crippen LogP contribution < -0.4 is 0 Å². The van der Waals surface area contributed by atoms with Crippen molar-refractivity contribution in [2.45, 2.75) is 37.5 Å². The average Bonchev–Trinajstić information content (AvgIpc) is 2.94. The summed E-state index contributed by atoms with van der Waals surface area (Å²) in [5.41, 5.74) is 1.06. The average molecular weight is 281 g/mol. The van der Waals surface area contributed by atoms with Crippen molar-refractivity contribution in [3.8, 4) is 0 Å². The van der Waals surface area contributed by atoms with Gasteiger partial charge in [0.1, 0.15) is 5.82 Å². The molecule has 0 heterocycles. The molecule has 4 heteroatoms. The molecule has 1 fully saturated rings. The molecule has 0 spiro atoms. The molecule has 0 atom stereocenters. The second-order valence-electron chi connectivity index (χ2n) is 5.06. The van der Waals surface area contributed by atoms with Crippen molar-refractivity contribution < 1.29 is 9.18 Å². The third kappa shape index (κ3) is 4.23. The first kappa shape index (κ1) is 14.4. The maximum Gasteiger partial charge on any atom is 0.232 e. The van der Waals surface area contributed by atoms with E-state index >= 15 is 0 Å². The van der Waals surface area contributed by atoms with E-state index in [1.165, 1.54) is 25.0 Å². The Bertz CT molecular complexity index is 415. The Hall–Kier alpha value is -1.03. The van der Waals surface area contributed by atoms with Crippen LogP contribution in [0.2, 0.25) is 0 Å². The van der Waals surface area contributed by atoms with Crippen LogP contribution in [0.5, 0.6) is 0 Å². The number of hydrogen-bond donors (Lipinski definition) is 0. The van der Waals surface area contributed by atoms with E-state index in [1.54, 1.807) is 23.9 Å². The monoisotopic (exact) mass is 281 g/mol. The van der Waals surface area contributed by atoms with Crippen molar-refractivity contribution in [1.29, 1.82) is 0 Å². The Kier molecular flexibility index (Phi) is 5.25. The van der Waals surface area contributed by atoms with E-state index in [4.69, 9.17) is 0 Å². The Labute approximate surface area is 118 Å². The number of amides is 1. The SMILES string of the molecule is CN(C(=O)CSCc1ccc(F)cc1)C1CCCC1. The molecule has 1 aliphatic carbocycles. The van der Waals surface area contributed by atoms with Crippen LogP contribution >= 0.6 is 11.8 Å². The Morgan fingerprint density at radius 3 is 2.58 bits per heavy atom. The van der Waals surface area contributed by atoms with Gasteiger partial charge >= 0.3 is 0 Å². The predicted octanol–water partition coefficient (Wildman–Crippen LogP) is 3.46. The summed E-state index contributed by atoms with van der Waals surface area (Å²) in [5, 5.41) is 0. The summed E-state index contributed by atoms with van der Waals surface area (Å²) in [6, 6.07) is 6.91. The number of carbonyl (C=O) groups excluding carboxylic acids is 1. The van der Waals surface area contributed by atoms with Crippen LogP contribution in [-0.4, -0.2) is 29.6 Å². The molecule has 0 radical (unpaired) electrons. The van der Waals surface area contributed by atoms with E-state index < -0.39 is 0 Å². The summed E-state index contributed by atoms with van der Waals surface area (Å²) in [6.45, 7) is 0. The Balaban J connectivity index is 1.72. The minimum atomic E-state index is -0.217. The Morgan fingerprint density at radius 1 is 1.32 bits per heavy atom. The van der Waals surface area contributed by atoms with E-state index in [0.29, 0.717) is 11.8 Å². The van der Waals surface area contributed by atoms with Crippen LogP contribution in [0.25, 0.3) is 0 Å². The zero-order valence-corrected chi connectivity index (χ0v) is 12.1. The van der Waals surface area contributed by atoms with Crippen LogP contribution in [-0.2, 0) is 10.5 Å². The third-order valence-corrected chi connectivity index (χ3v) is 4.66. The van der Waals surface area contributed by atoms with Gasteiger partial charge in [-0.3, -0.25) is 4.79 Å². The summed E-state index contributed by atoms with van der Waals surface area (Å²) in [4.78, 5) is 13.9. The number of carbonyl (C=O) groups is 1. The van der Waals surface area contributed by atoms with Gasteiger partial charge in [-0.15, -0.1) is 11.8 Å². The number of benzene rings is 1. The van der Waals surface area contributed by atoms with Gasteiger partial charge in [-0.25, -0.2) is 4.39 Å². The van der Waals surface area contributed by atoms with Gasteiger partial charge < -0.3 is 4.90 Å². The van der Waals surface area contributed by atoms with Crippen LogP contribution in [0.4, 0.5) is 4.39 Å². The van der Waals surface area contributed by atoms with Gasteiger partial charge in [-0.2, -0.15) is 0 Å². The molecule has 0 aromatic heterocycles. The highest BCUT2D eigenvalue weighted by Gasteiger charge is 2.22. The standard InChI is InChI=1S/C15H20FNOS/c1-17(14-4-2-3-5-14)15(18)11-19-10-12-6-8-13(16)9-7-12/h6-9,14H,2-5,10-11H2,1H3. The second-order valence-corrected chi connectivity index (χ2v) is 6.05. The van der Waals surface area contributed by atoms with Crippen molar-refractivity contribution in [2.75, 3.05) is 12.8 Å². The molecule has 1 aliphatic rings. The van der Waals surface area contributed by atoms with Gasteiger partial charge in [-0.1, -0.05) is 25.0 Å². The van der Waals surface area contributed by atoms with Crippen LogP contribution in [0.15, 0.2) is 24.3 Å². The summed E-state index contributed by atoms with van der Waals surface area (Å²) in [6.07, 6.45) is 4.77. The molecular formula is C15H20FNOS. The van der Waals surface area contributed by atoms with Crippen molar-refractivity contribution >= 4 is 17.7 Å². The van der Waals surface area contributed by atoms with Crippen molar-refractivity contribution in [1.82, 2.24) is 4.90 Å². The van der Waals surface area contributed by atoms with Gasteiger partial charge in [0.15, 0.2) is 0 Å². The summed E-state index contributed by atoms with van der Waals surface area (Å²) >= 11 is 1.59. The minimum Gasteiger partial charge on any atom is -0.342 e. The number of hydrogen-bond acceptors (Lipinski definition) is 2. The van der Waals surface area contributed by atoms with E-state index in [9.17, 15) is 9.18 Å². The van der Waals surface area contributed by atoms with E-state index in [1.807, 2.05) is 11.9 Å². The van der Waals surface area contributed by atoms with E-state index in [2.05, 4.69) is 0 Å². The van der Waals surface area contributed by atoms with Crippen molar-refractivity contribution in [2.24, 2.45) is 0 Å². The molecule has 2 rings (SSSR count). The van der Waals surface area contributed by atoms with Crippen molar-refractivity contribution in [3.63, 3.8) is 0 Å². The first-order valence-electron chi connectivity index (χ1n) is 6.74. The van der Waals surface area contributed by atoms with E-state index in [-0.39, 0.29) is 11.7 Å². The largest absolute Gasteiger partial charge is 0.342 e. The van der Waals surface area contributed by atoms with Crippen LogP contribution in [0.3, 0.4) is 0 Å². The minimum absolute atomic E-state index is 0.207. The summed E-state index contributed by atoms with van der Waals surface area (Å²) in [5.74, 6) is 1.25. The smallest absolute Gasteiger partial charge is 0.232 e. The van der Waals surface area contributed by atoms with E-state index in [0.717, 1.165) is 24.2 Å². The first-order valence-corrected chi connectivity index (χ1v) is 7.90. The fourth-order valence-corrected chi connectivity index (χ4v) is 3.34. The second kappa shape index (κ2) is 6.94. The topological polar surface area (TPSA) is 20.3 Å². The molecule has 1 saturated carbocycles. The highest BCUT2D eigenvalue weighted by atomic mass is 32.2. The molecule has 0 N–H and O–H groups in total. The first-order chi connectivity index (χ1) is 9.16. The molecule has 0 bridgehead atoms. The zero-order chi connectivity index (χ0) is 13.7. The van der Waals surface area contributed by atoms with Gasteiger partial charge in [0.25, 0.3) is 0 Å². The number of rotatable bonds is 5. The van der Waals surface area contributed by atoms with Crippen molar-refractivity contribution in [3.05, 3.63) is 35.6 Å². The predicted molar refractivity (Wildman–Crippen MR) is 77.6 cm³/mol. The van der Waals surface area contributed by atoms with Gasteiger partial charge in [0.05, 0.1) is 5.75 Å². The fourth-order valence-electron chi connectivity index (χ4n) is 2.43. The molecule has 0 saturated heterocycles. The summed E-state index contributed by atoms with van der Waals surface area (Å²) < 4.78 is 12.7. The zero-order valence-electron chi connectivity index (χ0n) is 11.3. The third-order valence-electron chi connectivity index (χ3n) is 3.67. The van der Waals surface area contributed by atoms with Crippen LogP contribution in [0.1, 0.15) is 31.2 Å². The highest BCUT2D eigenvalue weighted by molar-refractivity contribution is 7.99. The molecule has 0 unspecified atom stereocenters. The molecule has 0 aliphatic heterocycles.